The van der Waals surface area contributed by atoms with Gasteiger partial charge in [-0.25, -0.2) is 9.97 Å². The number of amides is 1. The maximum absolute atomic E-state index is 12.4. The summed E-state index contributed by atoms with van der Waals surface area (Å²) in [6, 6.07) is 14.7. The Kier molecular flexibility index (Phi) is 7.30. The Hall–Kier alpha value is -3.06. The number of carbonyl (C=O) groups excluding carboxylic acids is 1. The summed E-state index contributed by atoms with van der Waals surface area (Å²) in [4.78, 5) is 21.3. The van der Waals surface area contributed by atoms with Gasteiger partial charge in [0.05, 0.1) is 7.11 Å². The van der Waals surface area contributed by atoms with Gasteiger partial charge >= 0.3 is 0 Å². The minimum atomic E-state index is -0.0545. The van der Waals surface area contributed by atoms with E-state index < -0.39 is 0 Å². The zero-order valence-electron chi connectivity index (χ0n) is 17.6. The van der Waals surface area contributed by atoms with Crippen molar-refractivity contribution >= 4 is 23.4 Å². The van der Waals surface area contributed by atoms with Crippen LogP contribution in [0.3, 0.4) is 0 Å². The Labute approximate surface area is 181 Å². The summed E-state index contributed by atoms with van der Waals surface area (Å²) in [6.07, 6.45) is 2.92. The van der Waals surface area contributed by atoms with Crippen LogP contribution in [0.1, 0.15) is 23.4 Å². The van der Waals surface area contributed by atoms with Crippen molar-refractivity contribution in [3.63, 3.8) is 0 Å². The number of para-hydroxylation sites is 2. The number of benzene rings is 2. The van der Waals surface area contributed by atoms with Crippen LogP contribution >= 0.6 is 11.8 Å². The molecule has 1 N–H and O–H groups in total. The second-order valence-electron chi connectivity index (χ2n) is 6.69. The third kappa shape index (κ3) is 5.51. The molecule has 0 unspecified atom stereocenters. The van der Waals surface area contributed by atoms with Crippen LogP contribution in [-0.4, -0.2) is 29.2 Å². The molecule has 0 aliphatic carbocycles. The van der Waals surface area contributed by atoms with Crippen LogP contribution in [0.25, 0.3) is 0 Å². The first-order valence-corrected chi connectivity index (χ1v) is 10.8. The molecule has 30 heavy (non-hydrogen) atoms. The first kappa shape index (κ1) is 21.6. The topological polar surface area (TPSA) is 73.3 Å². The third-order valence-corrected chi connectivity index (χ3v) is 5.17. The van der Waals surface area contributed by atoms with E-state index in [0.29, 0.717) is 30.1 Å². The predicted molar refractivity (Wildman–Crippen MR) is 120 cm³/mol. The molecule has 0 bridgehead atoms. The Balaban J connectivity index is 1.57. The van der Waals surface area contributed by atoms with Crippen LogP contribution in [0.15, 0.2) is 53.7 Å². The molecule has 0 fully saturated rings. The van der Waals surface area contributed by atoms with Crippen molar-refractivity contribution in [1.29, 1.82) is 0 Å². The second kappa shape index (κ2) is 10.1. The van der Waals surface area contributed by atoms with Gasteiger partial charge in [-0.15, -0.1) is 0 Å². The van der Waals surface area contributed by atoms with Crippen molar-refractivity contribution in [2.45, 2.75) is 31.8 Å². The Bertz CT molecular complexity index is 999. The van der Waals surface area contributed by atoms with E-state index >= 15 is 0 Å². The van der Waals surface area contributed by atoms with Crippen molar-refractivity contribution < 1.29 is 14.3 Å². The van der Waals surface area contributed by atoms with E-state index in [4.69, 9.17) is 9.47 Å². The molecule has 0 spiro atoms. The molecular weight excluding hydrogens is 398 g/mol. The fourth-order valence-electron chi connectivity index (χ4n) is 3.06. The van der Waals surface area contributed by atoms with E-state index in [1.165, 1.54) is 11.8 Å². The highest BCUT2D eigenvalue weighted by molar-refractivity contribution is 7.98. The molecule has 2 aromatic carbocycles. The van der Waals surface area contributed by atoms with Gasteiger partial charge in [-0.1, -0.05) is 23.9 Å². The number of aromatic nitrogens is 2. The number of nitrogens with zero attached hydrogens (tertiary/aromatic N) is 2. The molecule has 7 heteroatoms. The van der Waals surface area contributed by atoms with Crippen LogP contribution < -0.4 is 14.8 Å². The molecule has 3 aromatic rings. The lowest BCUT2D eigenvalue weighted by molar-refractivity contribution is -0.116. The lowest BCUT2D eigenvalue weighted by Crippen LogP contribution is -2.13. The highest BCUT2D eigenvalue weighted by atomic mass is 32.2. The first-order valence-electron chi connectivity index (χ1n) is 9.59. The molecule has 3 rings (SSSR count). The minimum absolute atomic E-state index is 0.0545. The molecule has 0 aliphatic heterocycles. The smallest absolute Gasteiger partial charge is 0.224 e. The van der Waals surface area contributed by atoms with Crippen LogP contribution in [0, 0.1) is 13.8 Å². The zero-order chi connectivity index (χ0) is 21.5. The van der Waals surface area contributed by atoms with E-state index in [9.17, 15) is 4.79 Å². The number of nitrogens with one attached hydrogen (secondary N) is 1. The number of rotatable bonds is 8. The van der Waals surface area contributed by atoms with E-state index in [-0.39, 0.29) is 5.91 Å². The molecule has 6 nitrogen and oxygen atoms in total. The number of aryl methyl sites for hydroxylation is 2. The number of hydrogen-bond donors (Lipinski definition) is 1. The van der Waals surface area contributed by atoms with Gasteiger partial charge in [-0.05, 0) is 68.5 Å². The Morgan fingerprint density at radius 3 is 2.23 bits per heavy atom. The van der Waals surface area contributed by atoms with Gasteiger partial charge in [0, 0.05) is 23.5 Å². The highest BCUT2D eigenvalue weighted by Crippen LogP contribution is 2.31. The average Bonchev–Trinajstić information content (AvgIpc) is 2.74. The maximum atomic E-state index is 12.4. The van der Waals surface area contributed by atoms with Crippen LogP contribution in [-0.2, 0) is 11.2 Å². The fraction of sp³-hybridized carbons (Fsp3) is 0.261. The van der Waals surface area contributed by atoms with Crippen LogP contribution in [0.5, 0.6) is 17.2 Å². The standard InChI is InChI=1S/C23H25N3O3S/c1-15-19(16(2)25-23(24-15)30-4)13-14-22(27)26-17-9-11-18(12-10-17)29-21-8-6-5-7-20(21)28-3/h5-12H,13-14H2,1-4H3,(H,26,27). The largest absolute Gasteiger partial charge is 0.493 e. The molecule has 0 saturated carbocycles. The SMILES string of the molecule is COc1ccccc1Oc1ccc(NC(=O)CCc2c(C)nc(SC)nc2C)cc1. The van der Waals surface area contributed by atoms with Gasteiger partial charge in [-0.3, -0.25) is 4.79 Å². The Morgan fingerprint density at radius 1 is 1.00 bits per heavy atom. The molecule has 1 aromatic heterocycles. The van der Waals surface area contributed by atoms with E-state index in [0.717, 1.165) is 27.8 Å². The summed E-state index contributed by atoms with van der Waals surface area (Å²) in [5, 5.41) is 3.68. The number of methoxy groups -OCH3 is 1. The molecule has 156 valence electrons. The van der Waals surface area contributed by atoms with Crippen molar-refractivity contribution in [1.82, 2.24) is 9.97 Å². The lowest BCUT2D eigenvalue weighted by Gasteiger charge is -2.11. The van der Waals surface area contributed by atoms with Gasteiger partial charge in [0.2, 0.25) is 5.91 Å². The third-order valence-electron chi connectivity index (χ3n) is 4.62. The number of ether oxygens (including phenoxy) is 2. The molecule has 1 amide bonds. The molecule has 0 aliphatic rings. The van der Waals surface area contributed by atoms with E-state index in [1.54, 1.807) is 7.11 Å². The van der Waals surface area contributed by atoms with E-state index in [2.05, 4.69) is 15.3 Å². The quantitative estimate of drug-likeness (QED) is 0.397. The number of thioether (sulfide) groups is 1. The Morgan fingerprint density at radius 2 is 1.63 bits per heavy atom. The minimum Gasteiger partial charge on any atom is -0.493 e. The summed E-state index contributed by atoms with van der Waals surface area (Å²) in [5.74, 6) is 1.91. The van der Waals surface area contributed by atoms with Crippen LogP contribution in [0.4, 0.5) is 5.69 Å². The van der Waals surface area contributed by atoms with Crippen molar-refractivity contribution in [2.75, 3.05) is 18.7 Å². The van der Waals surface area contributed by atoms with Crippen molar-refractivity contribution in [3.05, 3.63) is 65.5 Å². The molecule has 0 atom stereocenters. The van der Waals surface area contributed by atoms with Gasteiger partial charge in [0.15, 0.2) is 16.7 Å². The highest BCUT2D eigenvalue weighted by Gasteiger charge is 2.11. The number of anilines is 1. The van der Waals surface area contributed by atoms with Gasteiger partial charge in [-0.2, -0.15) is 0 Å². The summed E-state index contributed by atoms with van der Waals surface area (Å²) >= 11 is 1.52. The first-order chi connectivity index (χ1) is 14.5. The van der Waals surface area contributed by atoms with Gasteiger partial charge in [0.1, 0.15) is 5.75 Å². The van der Waals surface area contributed by atoms with Gasteiger partial charge < -0.3 is 14.8 Å². The normalized spacial score (nSPS) is 10.5. The monoisotopic (exact) mass is 423 g/mol. The molecule has 0 saturated heterocycles. The molecule has 1 heterocycles. The number of carbonyl (C=O) groups is 1. The summed E-state index contributed by atoms with van der Waals surface area (Å²) in [5.41, 5.74) is 3.60. The van der Waals surface area contributed by atoms with Crippen LogP contribution in [0.2, 0.25) is 0 Å². The molecular formula is C23H25N3O3S. The second-order valence-corrected chi connectivity index (χ2v) is 7.46. The number of hydrogen-bond acceptors (Lipinski definition) is 6. The maximum Gasteiger partial charge on any atom is 0.224 e. The summed E-state index contributed by atoms with van der Waals surface area (Å²) in [7, 11) is 1.60. The molecule has 0 radical (unpaired) electrons. The van der Waals surface area contributed by atoms with E-state index in [1.807, 2.05) is 68.6 Å². The average molecular weight is 424 g/mol. The van der Waals surface area contributed by atoms with Gasteiger partial charge in [0.25, 0.3) is 0 Å². The zero-order valence-corrected chi connectivity index (χ0v) is 18.4. The summed E-state index contributed by atoms with van der Waals surface area (Å²) < 4.78 is 11.2. The lowest BCUT2D eigenvalue weighted by atomic mass is 10.1. The van der Waals surface area contributed by atoms with Crippen molar-refractivity contribution in [3.8, 4) is 17.2 Å². The van der Waals surface area contributed by atoms with Crippen molar-refractivity contribution in [2.24, 2.45) is 0 Å². The summed E-state index contributed by atoms with van der Waals surface area (Å²) in [6.45, 7) is 3.92. The predicted octanol–water partition coefficient (Wildman–Crippen LogP) is 5.19. The fourth-order valence-corrected chi connectivity index (χ4v) is 3.52.